The monoisotopic (exact) mass is 516 g/mol. The average molecular weight is 517 g/mol. The van der Waals surface area contributed by atoms with E-state index in [0.29, 0.717) is 24.2 Å². The van der Waals surface area contributed by atoms with Gasteiger partial charge in [0.25, 0.3) is 11.8 Å². The van der Waals surface area contributed by atoms with Crippen LogP contribution in [0.1, 0.15) is 44.9 Å². The molecule has 0 atom stereocenters. The highest BCUT2D eigenvalue weighted by Crippen LogP contribution is 2.43. The third kappa shape index (κ3) is 4.84. The van der Waals surface area contributed by atoms with Crippen LogP contribution in [0.5, 0.6) is 0 Å². The zero-order chi connectivity index (χ0) is 27.5. The molecule has 194 valence electrons. The van der Waals surface area contributed by atoms with Gasteiger partial charge in [0.2, 0.25) is 0 Å². The molecule has 6 nitrogen and oxygen atoms in total. The first-order chi connectivity index (χ1) is 18.9. The van der Waals surface area contributed by atoms with Gasteiger partial charge >= 0.3 is 5.97 Å². The molecule has 0 saturated heterocycles. The van der Waals surface area contributed by atoms with Crippen LogP contribution in [-0.2, 0) is 0 Å². The van der Waals surface area contributed by atoms with Crippen LogP contribution < -0.4 is 10.6 Å². The van der Waals surface area contributed by atoms with Crippen molar-refractivity contribution in [2.45, 2.75) is 13.8 Å². The molecule has 0 spiro atoms. The van der Waals surface area contributed by atoms with Gasteiger partial charge < -0.3 is 15.7 Å². The van der Waals surface area contributed by atoms with Crippen molar-refractivity contribution < 1.29 is 19.5 Å². The average Bonchev–Trinajstić information content (AvgIpc) is 2.96. The number of hydrogen-bond donors (Lipinski definition) is 3. The maximum absolute atomic E-state index is 12.9. The second-order valence-electron chi connectivity index (χ2n) is 9.24. The second kappa shape index (κ2) is 10.8. The highest BCUT2D eigenvalue weighted by Gasteiger charge is 2.20. The van der Waals surface area contributed by atoms with E-state index in [0.717, 1.165) is 43.8 Å². The molecule has 0 unspecified atom stereocenters. The van der Waals surface area contributed by atoms with Crippen molar-refractivity contribution in [3.05, 3.63) is 108 Å². The molecule has 0 saturated carbocycles. The van der Waals surface area contributed by atoms with Crippen LogP contribution in [0.3, 0.4) is 0 Å². The van der Waals surface area contributed by atoms with Crippen molar-refractivity contribution in [2.75, 3.05) is 13.1 Å². The summed E-state index contributed by atoms with van der Waals surface area (Å²) in [5.74, 6) is -1.45. The summed E-state index contributed by atoms with van der Waals surface area (Å²) in [7, 11) is 0. The van der Waals surface area contributed by atoms with Crippen molar-refractivity contribution in [1.82, 2.24) is 10.6 Å². The van der Waals surface area contributed by atoms with Crippen LogP contribution in [0.15, 0.2) is 91.0 Å². The van der Waals surface area contributed by atoms with Crippen molar-refractivity contribution >= 4 is 39.3 Å². The lowest BCUT2D eigenvalue weighted by atomic mass is 9.85. The number of carboxylic acids is 1. The molecule has 5 aromatic carbocycles. The molecule has 3 N–H and O–H groups in total. The maximum Gasteiger partial charge on any atom is 0.335 e. The summed E-state index contributed by atoms with van der Waals surface area (Å²) >= 11 is 0. The topological polar surface area (TPSA) is 95.5 Å². The first-order valence-electron chi connectivity index (χ1n) is 12.9. The van der Waals surface area contributed by atoms with Gasteiger partial charge in [-0.3, -0.25) is 9.59 Å². The fraction of sp³-hybridized carbons (Fsp3) is 0.121. The Hall–Kier alpha value is -4.97. The molecule has 0 aromatic heterocycles. The van der Waals surface area contributed by atoms with Gasteiger partial charge in [-0.05, 0) is 88.0 Å². The molecular formula is C33H28N2O4. The van der Waals surface area contributed by atoms with E-state index in [9.17, 15) is 19.5 Å². The summed E-state index contributed by atoms with van der Waals surface area (Å²) in [6, 6.07) is 28.2. The summed E-state index contributed by atoms with van der Waals surface area (Å²) in [5.41, 5.74) is 4.63. The van der Waals surface area contributed by atoms with Crippen LogP contribution in [0.4, 0.5) is 0 Å². The van der Waals surface area contributed by atoms with Crippen molar-refractivity contribution in [3.8, 4) is 22.3 Å². The van der Waals surface area contributed by atoms with Gasteiger partial charge in [-0.15, -0.1) is 0 Å². The highest BCUT2D eigenvalue weighted by atomic mass is 16.4. The summed E-state index contributed by atoms with van der Waals surface area (Å²) in [4.78, 5) is 37.3. The molecule has 6 heteroatoms. The van der Waals surface area contributed by atoms with Crippen LogP contribution in [0.25, 0.3) is 43.8 Å². The number of carbonyl (C=O) groups is 3. The number of nitrogens with one attached hydrogen (secondary N) is 2. The van der Waals surface area contributed by atoms with Gasteiger partial charge in [0, 0.05) is 24.2 Å². The SMILES string of the molecule is CCNC(=O)c1cc(C(=O)NCC)cc(-c2c3ccccc3c(-c3ccc(C(=O)O)cc3)c3ccccc23)c1. The normalized spacial score (nSPS) is 10.9. The minimum absolute atomic E-state index is 0.226. The zero-order valence-electron chi connectivity index (χ0n) is 21.7. The molecule has 0 bridgehead atoms. The van der Waals surface area contributed by atoms with Gasteiger partial charge in [-0.25, -0.2) is 4.79 Å². The quantitative estimate of drug-likeness (QED) is 0.215. The van der Waals surface area contributed by atoms with E-state index in [1.165, 1.54) is 0 Å². The Labute approximate surface area is 226 Å². The number of carboxylic acid groups (broad SMARTS) is 1. The molecule has 5 aromatic rings. The van der Waals surface area contributed by atoms with Crippen LogP contribution in [0, 0.1) is 0 Å². The minimum atomic E-state index is -0.971. The molecule has 0 radical (unpaired) electrons. The third-order valence-electron chi connectivity index (χ3n) is 6.77. The fourth-order valence-electron chi connectivity index (χ4n) is 5.09. The lowest BCUT2D eigenvalue weighted by Crippen LogP contribution is -2.25. The molecule has 0 aliphatic carbocycles. The van der Waals surface area contributed by atoms with Crippen LogP contribution in [-0.4, -0.2) is 36.0 Å². The Bertz CT molecular complexity index is 1650. The number of benzene rings is 5. The molecule has 0 heterocycles. The standard InChI is InChI=1S/C33H28N2O4/c1-3-34-31(36)23-17-22(18-24(19-23)32(37)35-4-2)30-27-11-7-5-9-25(27)29(26-10-6-8-12-28(26)30)20-13-15-21(16-14-20)33(38)39/h5-19H,3-4H2,1-2H3,(H,34,36)(H,35,37)(H,38,39). The summed E-state index contributed by atoms with van der Waals surface area (Å²) in [6.07, 6.45) is 0. The number of fused-ring (bicyclic) bond motifs is 2. The lowest BCUT2D eigenvalue weighted by molar-refractivity contribution is 0.0696. The van der Waals surface area contributed by atoms with E-state index < -0.39 is 5.97 Å². The predicted molar refractivity (Wildman–Crippen MR) is 155 cm³/mol. The molecule has 0 aliphatic rings. The van der Waals surface area contributed by atoms with Gasteiger partial charge in [0.1, 0.15) is 0 Å². The van der Waals surface area contributed by atoms with Crippen molar-refractivity contribution in [1.29, 1.82) is 0 Å². The van der Waals surface area contributed by atoms with Gasteiger partial charge in [-0.2, -0.15) is 0 Å². The van der Waals surface area contributed by atoms with E-state index in [1.807, 2.05) is 86.6 Å². The molecule has 5 rings (SSSR count). The first-order valence-corrected chi connectivity index (χ1v) is 12.9. The number of carbonyl (C=O) groups excluding carboxylic acids is 2. The van der Waals surface area contributed by atoms with Gasteiger partial charge in [0.15, 0.2) is 0 Å². The van der Waals surface area contributed by atoms with Crippen LogP contribution >= 0.6 is 0 Å². The Balaban J connectivity index is 1.85. The summed E-state index contributed by atoms with van der Waals surface area (Å²) < 4.78 is 0. The molecule has 0 fully saturated rings. The number of rotatable bonds is 7. The highest BCUT2D eigenvalue weighted by molar-refractivity contribution is 6.22. The second-order valence-corrected chi connectivity index (χ2v) is 9.24. The van der Waals surface area contributed by atoms with E-state index in [2.05, 4.69) is 10.6 Å². The third-order valence-corrected chi connectivity index (χ3v) is 6.77. The first kappa shape index (κ1) is 25.7. The Kier molecular flexibility index (Phi) is 7.10. The Morgan fingerprint density at radius 3 is 1.36 bits per heavy atom. The minimum Gasteiger partial charge on any atom is -0.478 e. The molecule has 39 heavy (non-hydrogen) atoms. The van der Waals surface area contributed by atoms with Crippen molar-refractivity contribution in [3.63, 3.8) is 0 Å². The Morgan fingerprint density at radius 2 is 0.974 bits per heavy atom. The zero-order valence-corrected chi connectivity index (χ0v) is 21.7. The van der Waals surface area contributed by atoms with E-state index in [-0.39, 0.29) is 17.4 Å². The van der Waals surface area contributed by atoms with Gasteiger partial charge in [0.05, 0.1) is 5.56 Å². The van der Waals surface area contributed by atoms with Crippen molar-refractivity contribution in [2.24, 2.45) is 0 Å². The maximum atomic E-state index is 12.9. The fourth-order valence-corrected chi connectivity index (χ4v) is 5.09. The number of aromatic carboxylic acids is 1. The predicted octanol–water partition coefficient (Wildman–Crippen LogP) is 6.52. The summed E-state index contributed by atoms with van der Waals surface area (Å²) in [5, 5.41) is 19.0. The van der Waals surface area contributed by atoms with E-state index in [4.69, 9.17) is 0 Å². The Morgan fingerprint density at radius 1 is 0.564 bits per heavy atom. The number of hydrogen-bond acceptors (Lipinski definition) is 3. The van der Waals surface area contributed by atoms with E-state index >= 15 is 0 Å². The smallest absolute Gasteiger partial charge is 0.335 e. The number of amides is 2. The lowest BCUT2D eigenvalue weighted by Gasteiger charge is -2.19. The van der Waals surface area contributed by atoms with Crippen LogP contribution in [0.2, 0.25) is 0 Å². The summed E-state index contributed by atoms with van der Waals surface area (Å²) in [6.45, 7) is 4.66. The largest absolute Gasteiger partial charge is 0.478 e. The molecular weight excluding hydrogens is 488 g/mol. The van der Waals surface area contributed by atoms with Gasteiger partial charge in [-0.1, -0.05) is 60.7 Å². The molecule has 0 aliphatic heterocycles. The molecule has 2 amide bonds. The van der Waals surface area contributed by atoms with E-state index in [1.54, 1.807) is 18.2 Å².